The zero-order valence-electron chi connectivity index (χ0n) is 11.9. The molecule has 116 valence electrons. The molecule has 7 heteroatoms. The Hall–Kier alpha value is -1.37. The number of halogens is 2. The number of nitrogens with one attached hydrogen (secondary N) is 1. The minimum absolute atomic E-state index is 0.130. The molecule has 0 aromatic heterocycles. The van der Waals surface area contributed by atoms with Gasteiger partial charge in [-0.3, -0.25) is 0 Å². The monoisotopic (exact) mass is 316 g/mol. The molecule has 5 nitrogen and oxygen atoms in total. The summed E-state index contributed by atoms with van der Waals surface area (Å²) in [5.41, 5.74) is 0.731. The molecule has 1 aliphatic heterocycles. The molecule has 21 heavy (non-hydrogen) atoms. The van der Waals surface area contributed by atoms with Crippen LogP contribution in [0, 0.1) is 12.7 Å². The number of likely N-dealkylation sites (N-methyl/N-ethyl adjacent to an activating group) is 1. The average Bonchev–Trinajstić information content (AvgIpc) is 2.83. The van der Waals surface area contributed by atoms with Gasteiger partial charge in [-0.25, -0.2) is 9.18 Å². The molecule has 2 unspecified atom stereocenters. The maximum Gasteiger partial charge on any atom is 0.322 e. The highest BCUT2D eigenvalue weighted by Crippen LogP contribution is 2.26. The summed E-state index contributed by atoms with van der Waals surface area (Å²) < 4.78 is 18.5. The number of aryl methyl sites for hydroxylation is 1. The van der Waals surface area contributed by atoms with Gasteiger partial charge in [0.25, 0.3) is 0 Å². The topological polar surface area (TPSA) is 61.8 Å². The van der Waals surface area contributed by atoms with Crippen molar-refractivity contribution < 1.29 is 19.0 Å². The third kappa shape index (κ3) is 3.45. The first kappa shape index (κ1) is 16.0. The van der Waals surface area contributed by atoms with Crippen molar-refractivity contribution in [2.45, 2.75) is 26.0 Å². The quantitative estimate of drug-likeness (QED) is 0.900. The largest absolute Gasteiger partial charge is 0.388 e. The minimum atomic E-state index is -0.707. The highest BCUT2D eigenvalue weighted by molar-refractivity contribution is 6.33. The Bertz CT molecular complexity index is 541. The molecule has 1 aromatic rings. The zero-order valence-corrected chi connectivity index (χ0v) is 12.7. The van der Waals surface area contributed by atoms with Gasteiger partial charge in [-0.05, 0) is 31.5 Å². The fraction of sp³-hybridized carbons (Fsp3) is 0.500. The number of anilines is 1. The Morgan fingerprint density at radius 1 is 1.57 bits per heavy atom. The van der Waals surface area contributed by atoms with E-state index in [4.69, 9.17) is 16.3 Å². The van der Waals surface area contributed by atoms with Crippen LogP contribution in [0.3, 0.4) is 0 Å². The van der Waals surface area contributed by atoms with E-state index in [1.807, 2.05) is 6.92 Å². The van der Waals surface area contributed by atoms with Crippen LogP contribution in [0.1, 0.15) is 12.5 Å². The van der Waals surface area contributed by atoms with Crippen LogP contribution in [-0.2, 0) is 4.74 Å². The predicted molar refractivity (Wildman–Crippen MR) is 78.2 cm³/mol. The van der Waals surface area contributed by atoms with Crippen LogP contribution < -0.4 is 5.32 Å². The van der Waals surface area contributed by atoms with E-state index in [2.05, 4.69) is 5.32 Å². The third-order valence-corrected chi connectivity index (χ3v) is 3.83. The number of carbonyl (C=O) groups is 1. The van der Waals surface area contributed by atoms with Gasteiger partial charge in [-0.15, -0.1) is 0 Å². The molecule has 0 aliphatic carbocycles. The molecule has 1 fully saturated rings. The highest BCUT2D eigenvalue weighted by Gasteiger charge is 2.33. The van der Waals surface area contributed by atoms with Gasteiger partial charge in [0.05, 0.1) is 36.1 Å². The SMILES string of the molecule is CCN(C(=O)Nc1cc(C)c(F)cc1Cl)C1COCC1O. The van der Waals surface area contributed by atoms with Crippen LogP contribution in [-0.4, -0.2) is 47.9 Å². The van der Waals surface area contributed by atoms with Crippen molar-refractivity contribution in [2.75, 3.05) is 25.1 Å². The van der Waals surface area contributed by atoms with Crippen molar-refractivity contribution in [1.29, 1.82) is 0 Å². The van der Waals surface area contributed by atoms with Gasteiger partial charge in [0.2, 0.25) is 0 Å². The molecule has 0 spiro atoms. The van der Waals surface area contributed by atoms with E-state index < -0.39 is 24.0 Å². The molecule has 0 radical (unpaired) electrons. The molecule has 2 amide bonds. The number of hydrogen-bond donors (Lipinski definition) is 2. The van der Waals surface area contributed by atoms with E-state index in [0.717, 1.165) is 6.07 Å². The van der Waals surface area contributed by atoms with Crippen LogP contribution >= 0.6 is 11.6 Å². The van der Waals surface area contributed by atoms with Gasteiger partial charge in [-0.1, -0.05) is 11.6 Å². The molecule has 2 N–H and O–H groups in total. The zero-order chi connectivity index (χ0) is 15.6. The number of ether oxygens (including phenoxy) is 1. The van der Waals surface area contributed by atoms with Gasteiger partial charge >= 0.3 is 6.03 Å². The first-order chi connectivity index (χ1) is 9.93. The van der Waals surface area contributed by atoms with E-state index in [-0.39, 0.29) is 11.6 Å². The Labute approximate surface area is 127 Å². The Kier molecular flexibility index (Phi) is 5.03. The predicted octanol–water partition coefficient (Wildman–Crippen LogP) is 2.40. The molecular formula is C14H18ClFN2O3. The van der Waals surface area contributed by atoms with Crippen LogP contribution in [0.4, 0.5) is 14.9 Å². The number of aliphatic hydroxyl groups is 1. The van der Waals surface area contributed by atoms with Gasteiger partial charge in [0.1, 0.15) is 5.82 Å². The molecule has 0 saturated carbocycles. The lowest BCUT2D eigenvalue weighted by molar-refractivity contribution is 0.1000. The first-order valence-corrected chi connectivity index (χ1v) is 7.11. The number of nitrogens with zero attached hydrogens (tertiary/aromatic N) is 1. The van der Waals surface area contributed by atoms with Crippen molar-refractivity contribution in [3.8, 4) is 0 Å². The van der Waals surface area contributed by atoms with Crippen molar-refractivity contribution in [1.82, 2.24) is 4.90 Å². The second-order valence-electron chi connectivity index (χ2n) is 4.97. The summed E-state index contributed by atoms with van der Waals surface area (Å²) >= 11 is 5.93. The maximum absolute atomic E-state index is 13.4. The van der Waals surface area contributed by atoms with Crippen molar-refractivity contribution in [3.05, 3.63) is 28.5 Å². The van der Waals surface area contributed by atoms with Crippen molar-refractivity contribution >= 4 is 23.3 Å². The maximum atomic E-state index is 13.4. The van der Waals surface area contributed by atoms with E-state index in [1.165, 1.54) is 11.0 Å². The number of carbonyl (C=O) groups excluding carboxylic acids is 1. The highest BCUT2D eigenvalue weighted by atomic mass is 35.5. The fourth-order valence-electron chi connectivity index (χ4n) is 2.30. The molecule has 1 saturated heterocycles. The Morgan fingerprint density at radius 2 is 2.29 bits per heavy atom. The molecule has 1 aliphatic rings. The number of benzene rings is 1. The molecule has 0 bridgehead atoms. The normalized spacial score (nSPS) is 21.4. The van der Waals surface area contributed by atoms with Crippen molar-refractivity contribution in [3.63, 3.8) is 0 Å². The second-order valence-corrected chi connectivity index (χ2v) is 5.38. The van der Waals surface area contributed by atoms with Crippen LogP contribution in [0.25, 0.3) is 0 Å². The number of urea groups is 1. The number of rotatable bonds is 3. The third-order valence-electron chi connectivity index (χ3n) is 3.51. The smallest absolute Gasteiger partial charge is 0.322 e. The van der Waals surface area contributed by atoms with Gasteiger partial charge < -0.3 is 20.1 Å². The number of aliphatic hydroxyl groups excluding tert-OH is 1. The lowest BCUT2D eigenvalue weighted by atomic mass is 10.2. The summed E-state index contributed by atoms with van der Waals surface area (Å²) in [6.07, 6.45) is -0.707. The fourth-order valence-corrected chi connectivity index (χ4v) is 2.50. The summed E-state index contributed by atoms with van der Waals surface area (Å²) in [6.45, 7) is 4.31. The number of amides is 2. The number of hydrogen-bond acceptors (Lipinski definition) is 3. The lowest BCUT2D eigenvalue weighted by Crippen LogP contribution is -2.48. The molecule has 1 heterocycles. The first-order valence-electron chi connectivity index (χ1n) is 6.73. The standard InChI is InChI=1S/C14H18ClFN2O3/c1-3-18(12-6-21-7-13(12)19)14(20)17-11-4-8(2)10(16)5-9(11)15/h4-5,12-13,19H,3,6-7H2,1-2H3,(H,17,20). The van der Waals surface area contributed by atoms with Crippen LogP contribution in [0.15, 0.2) is 12.1 Å². The summed E-state index contributed by atoms with van der Waals surface area (Å²) in [5, 5.41) is 12.6. The van der Waals surface area contributed by atoms with Gasteiger partial charge in [-0.2, -0.15) is 0 Å². The summed E-state index contributed by atoms with van der Waals surface area (Å²) in [7, 11) is 0. The average molecular weight is 317 g/mol. The molecular weight excluding hydrogens is 299 g/mol. The Morgan fingerprint density at radius 3 is 2.86 bits per heavy atom. The molecule has 2 atom stereocenters. The van der Waals surface area contributed by atoms with Crippen LogP contribution in [0.2, 0.25) is 5.02 Å². The van der Waals surface area contributed by atoms with E-state index in [0.29, 0.717) is 24.4 Å². The van der Waals surface area contributed by atoms with E-state index >= 15 is 0 Å². The summed E-state index contributed by atoms with van der Waals surface area (Å²) in [4.78, 5) is 13.8. The lowest BCUT2D eigenvalue weighted by Gasteiger charge is -2.29. The Balaban J connectivity index is 2.14. The van der Waals surface area contributed by atoms with Gasteiger partial charge in [0.15, 0.2) is 0 Å². The molecule has 2 rings (SSSR count). The van der Waals surface area contributed by atoms with E-state index in [9.17, 15) is 14.3 Å². The minimum Gasteiger partial charge on any atom is -0.388 e. The van der Waals surface area contributed by atoms with E-state index in [1.54, 1.807) is 6.92 Å². The van der Waals surface area contributed by atoms with Gasteiger partial charge in [0, 0.05) is 6.54 Å². The summed E-state index contributed by atoms with van der Waals surface area (Å²) in [5.74, 6) is -0.426. The second kappa shape index (κ2) is 6.60. The van der Waals surface area contributed by atoms with Crippen LogP contribution in [0.5, 0.6) is 0 Å². The molecule has 1 aromatic carbocycles. The summed E-state index contributed by atoms with van der Waals surface area (Å²) in [6, 6.07) is 1.84. The van der Waals surface area contributed by atoms with Crippen molar-refractivity contribution in [2.24, 2.45) is 0 Å².